The van der Waals surface area contributed by atoms with Gasteiger partial charge in [-0.25, -0.2) is 0 Å². The number of rotatable bonds is 6. The third-order valence-electron chi connectivity index (χ3n) is 10.8. The summed E-state index contributed by atoms with van der Waals surface area (Å²) in [7, 11) is 0. The van der Waals surface area contributed by atoms with Gasteiger partial charge in [-0.15, -0.1) is 0 Å². The van der Waals surface area contributed by atoms with Gasteiger partial charge in [0.25, 0.3) is 0 Å². The van der Waals surface area contributed by atoms with Crippen molar-refractivity contribution in [1.82, 2.24) is 14.1 Å². The third-order valence-corrected chi connectivity index (χ3v) is 10.8. The third kappa shape index (κ3) is 5.17. The van der Waals surface area contributed by atoms with Crippen LogP contribution in [0, 0.1) is 0 Å². The van der Waals surface area contributed by atoms with Gasteiger partial charge in [0.2, 0.25) is 0 Å². The van der Waals surface area contributed by atoms with E-state index in [1.54, 1.807) is 0 Å². The number of benzene rings is 7. The summed E-state index contributed by atoms with van der Waals surface area (Å²) < 4.78 is 4.72. The molecule has 0 saturated heterocycles. The van der Waals surface area contributed by atoms with Gasteiger partial charge >= 0.3 is 0 Å². The molecule has 0 atom stereocenters. The lowest BCUT2D eigenvalue weighted by Crippen LogP contribution is -2.25. The first-order chi connectivity index (χ1) is 26.1. The molecule has 0 radical (unpaired) electrons. The summed E-state index contributed by atoms with van der Waals surface area (Å²) in [6.07, 6.45) is 2.01. The number of aromatic nitrogens is 3. The molecule has 0 aliphatic heterocycles. The summed E-state index contributed by atoms with van der Waals surface area (Å²) in [4.78, 5) is 5.01. The molecule has 0 spiro atoms. The molecule has 10 rings (SSSR count). The minimum Gasteiger partial charge on any atom is -0.309 e. The maximum Gasteiger partial charge on any atom is 0.170 e. The van der Waals surface area contributed by atoms with Crippen molar-refractivity contribution in [1.29, 1.82) is 0 Å². The highest BCUT2D eigenvalue weighted by Gasteiger charge is 2.16. The molecule has 3 heterocycles. The molecule has 3 nitrogen and oxygen atoms in total. The van der Waals surface area contributed by atoms with Gasteiger partial charge < -0.3 is 9.13 Å². The molecular formula is C49H36BN3. The zero-order chi connectivity index (χ0) is 35.5. The fourth-order valence-corrected chi connectivity index (χ4v) is 8.18. The maximum atomic E-state index is 5.01. The first-order valence-corrected chi connectivity index (χ1v) is 18.4. The Labute approximate surface area is 309 Å². The summed E-state index contributed by atoms with van der Waals surface area (Å²) in [5.41, 5.74) is 15.3. The highest BCUT2D eigenvalue weighted by atomic mass is 15.0. The van der Waals surface area contributed by atoms with Gasteiger partial charge in [-0.1, -0.05) is 140 Å². The van der Waals surface area contributed by atoms with Crippen LogP contribution in [0.15, 0.2) is 182 Å². The molecule has 0 N–H and O–H groups in total. The van der Waals surface area contributed by atoms with E-state index in [-0.39, 0.29) is 0 Å². The first-order valence-electron chi connectivity index (χ1n) is 18.4. The largest absolute Gasteiger partial charge is 0.309 e. The lowest BCUT2D eigenvalue weighted by Gasteiger charge is -2.15. The molecule has 0 aliphatic carbocycles. The molecule has 4 heteroatoms. The van der Waals surface area contributed by atoms with E-state index in [0.29, 0.717) is 6.71 Å². The molecule has 3 aromatic heterocycles. The van der Waals surface area contributed by atoms with E-state index < -0.39 is 0 Å². The van der Waals surface area contributed by atoms with Gasteiger partial charge in [0.15, 0.2) is 6.71 Å². The number of hydrogen-bond acceptors (Lipinski definition) is 1. The molecule has 0 bridgehead atoms. The molecule has 0 unspecified atom stereocenters. The van der Waals surface area contributed by atoms with E-state index in [1.165, 1.54) is 65.8 Å². The van der Waals surface area contributed by atoms with Gasteiger partial charge in [0, 0.05) is 44.7 Å². The summed E-state index contributed by atoms with van der Waals surface area (Å²) in [6, 6.07) is 63.6. The van der Waals surface area contributed by atoms with Crippen molar-refractivity contribution in [2.24, 2.45) is 0 Å². The molecule has 53 heavy (non-hydrogen) atoms. The minimum absolute atomic E-state index is 0.344. The van der Waals surface area contributed by atoms with Gasteiger partial charge in [-0.2, -0.15) is 0 Å². The standard InChI is InChI=1S/C49H36BN3/c1-50(2)44-31-35(33-19-25-37(26-20-33)52-46-15-7-3-11-39(46)40-12-4-8-16-47(40)52)23-29-43(44)45-30-24-36(32-51-45)34-21-27-38(28-22-34)53-48-17-9-5-13-41(48)42-14-6-10-18-49(42)53/h3-32H,1-2H3. The lowest BCUT2D eigenvalue weighted by molar-refractivity contribution is 1.18. The number of pyridine rings is 1. The van der Waals surface area contributed by atoms with E-state index in [1.807, 2.05) is 6.20 Å². The number of hydrogen-bond donors (Lipinski definition) is 0. The second kappa shape index (κ2) is 12.5. The van der Waals surface area contributed by atoms with Crippen LogP contribution < -0.4 is 5.46 Å². The number of fused-ring (bicyclic) bond motifs is 6. The Morgan fingerprint density at radius 1 is 0.396 bits per heavy atom. The van der Waals surface area contributed by atoms with Crippen LogP contribution in [-0.4, -0.2) is 20.8 Å². The molecular weight excluding hydrogens is 641 g/mol. The summed E-state index contributed by atoms with van der Waals surface area (Å²) >= 11 is 0. The highest BCUT2D eigenvalue weighted by Crippen LogP contribution is 2.35. The van der Waals surface area contributed by atoms with Crippen molar-refractivity contribution >= 4 is 55.8 Å². The van der Waals surface area contributed by atoms with Crippen LogP contribution >= 0.6 is 0 Å². The van der Waals surface area contributed by atoms with Gasteiger partial charge in [-0.3, -0.25) is 4.98 Å². The number of nitrogens with zero attached hydrogens (tertiary/aromatic N) is 3. The second-order valence-corrected chi connectivity index (χ2v) is 14.2. The van der Waals surface area contributed by atoms with Crippen LogP contribution in [0.1, 0.15) is 0 Å². The predicted molar refractivity (Wildman–Crippen MR) is 226 cm³/mol. The Morgan fingerprint density at radius 2 is 0.792 bits per heavy atom. The Morgan fingerprint density at radius 3 is 1.21 bits per heavy atom. The molecule has 10 aromatic rings. The molecule has 250 valence electrons. The topological polar surface area (TPSA) is 22.8 Å². The van der Waals surface area contributed by atoms with Crippen molar-refractivity contribution in [3.8, 4) is 44.9 Å². The fraction of sp³-hybridized carbons (Fsp3) is 0.0408. The zero-order valence-electron chi connectivity index (χ0n) is 29.7. The second-order valence-electron chi connectivity index (χ2n) is 14.2. The average molecular weight is 678 g/mol. The van der Waals surface area contributed by atoms with Gasteiger partial charge in [0.1, 0.15) is 0 Å². The van der Waals surface area contributed by atoms with Crippen LogP contribution in [0.2, 0.25) is 13.6 Å². The van der Waals surface area contributed by atoms with Crippen LogP contribution in [0.5, 0.6) is 0 Å². The average Bonchev–Trinajstić information content (AvgIpc) is 3.74. The Balaban J connectivity index is 0.938. The first kappa shape index (κ1) is 31.1. The van der Waals surface area contributed by atoms with Crippen LogP contribution in [0.4, 0.5) is 0 Å². The Kier molecular flexibility index (Phi) is 7.36. The summed E-state index contributed by atoms with van der Waals surface area (Å²) in [5, 5.41) is 5.10. The van der Waals surface area contributed by atoms with Crippen molar-refractivity contribution < 1.29 is 0 Å². The monoisotopic (exact) mass is 677 g/mol. The molecule has 0 aliphatic rings. The van der Waals surface area contributed by atoms with Crippen LogP contribution in [0.3, 0.4) is 0 Å². The molecule has 7 aromatic carbocycles. The minimum atomic E-state index is 0.344. The Hall–Kier alpha value is -6.65. The maximum absolute atomic E-state index is 5.01. The lowest BCUT2D eigenvalue weighted by atomic mass is 9.48. The Bertz CT molecular complexity index is 2840. The van der Waals surface area contributed by atoms with Crippen LogP contribution in [-0.2, 0) is 0 Å². The highest BCUT2D eigenvalue weighted by molar-refractivity contribution is 6.72. The van der Waals surface area contributed by atoms with Crippen LogP contribution in [0.25, 0.3) is 88.5 Å². The van der Waals surface area contributed by atoms with Crippen molar-refractivity contribution in [3.05, 3.63) is 182 Å². The number of para-hydroxylation sites is 4. The van der Waals surface area contributed by atoms with Gasteiger partial charge in [-0.05, 0) is 76.9 Å². The van der Waals surface area contributed by atoms with Gasteiger partial charge in [0.05, 0.1) is 27.8 Å². The summed E-state index contributed by atoms with van der Waals surface area (Å²) in [6.45, 7) is 4.87. The predicted octanol–water partition coefficient (Wildman–Crippen LogP) is 12.2. The zero-order valence-corrected chi connectivity index (χ0v) is 29.7. The van der Waals surface area contributed by atoms with E-state index >= 15 is 0 Å². The smallest absolute Gasteiger partial charge is 0.170 e. The quantitative estimate of drug-likeness (QED) is 0.161. The normalized spacial score (nSPS) is 11.6. The molecule has 0 amide bonds. The SMILES string of the molecule is CB(C)c1cc(-c2ccc(-n3c4ccccc4c4ccccc43)cc2)ccc1-c1ccc(-c2ccc(-n3c4ccccc4c4ccccc43)cc2)cn1. The molecule has 0 saturated carbocycles. The van der Waals surface area contributed by atoms with E-state index in [4.69, 9.17) is 4.98 Å². The van der Waals surface area contributed by atoms with Crippen molar-refractivity contribution in [2.75, 3.05) is 0 Å². The van der Waals surface area contributed by atoms with Crippen molar-refractivity contribution in [2.45, 2.75) is 13.6 Å². The molecule has 0 fully saturated rings. The van der Waals surface area contributed by atoms with Crippen molar-refractivity contribution in [3.63, 3.8) is 0 Å². The fourth-order valence-electron chi connectivity index (χ4n) is 8.18. The van der Waals surface area contributed by atoms with E-state index in [2.05, 4.69) is 199 Å². The van der Waals surface area contributed by atoms with E-state index in [0.717, 1.165) is 28.2 Å². The summed E-state index contributed by atoms with van der Waals surface area (Å²) in [5.74, 6) is 0. The van der Waals surface area contributed by atoms with E-state index in [9.17, 15) is 0 Å².